The lowest BCUT2D eigenvalue weighted by Gasteiger charge is -1.98. The Labute approximate surface area is 118 Å². The van der Waals surface area contributed by atoms with E-state index in [1.807, 2.05) is 6.07 Å². The summed E-state index contributed by atoms with van der Waals surface area (Å²) in [4.78, 5) is 19.3. The van der Waals surface area contributed by atoms with E-state index in [1.165, 1.54) is 0 Å². The molecule has 96 valence electrons. The van der Waals surface area contributed by atoms with E-state index in [0.717, 1.165) is 4.47 Å². The van der Waals surface area contributed by atoms with E-state index in [9.17, 15) is 4.79 Å². The molecule has 0 saturated heterocycles. The van der Waals surface area contributed by atoms with E-state index in [4.69, 9.17) is 10.6 Å². The Kier molecular flexibility index (Phi) is 4.25. The second kappa shape index (κ2) is 6.10. The largest absolute Gasteiger partial charge is 0.375 e. The highest BCUT2D eigenvalue weighted by Crippen LogP contribution is 2.11. The van der Waals surface area contributed by atoms with E-state index in [0.29, 0.717) is 11.3 Å². The van der Waals surface area contributed by atoms with E-state index in [2.05, 4.69) is 26.1 Å². The number of rotatable bonds is 3. The molecule has 0 spiro atoms. The third-order valence-corrected chi connectivity index (χ3v) is 2.82. The molecule has 0 unspecified atom stereocenters. The van der Waals surface area contributed by atoms with E-state index in [-0.39, 0.29) is 5.84 Å². The number of hydrogen-bond donors (Lipinski definition) is 1. The van der Waals surface area contributed by atoms with Crippen LogP contribution in [0.15, 0.2) is 58.3 Å². The van der Waals surface area contributed by atoms with Crippen LogP contribution in [0.5, 0.6) is 0 Å². The summed E-state index contributed by atoms with van der Waals surface area (Å²) in [5.74, 6) is -0.461. The number of pyridine rings is 1. The fourth-order valence-electron chi connectivity index (χ4n) is 1.33. The summed E-state index contributed by atoms with van der Waals surface area (Å²) in [7, 11) is 0. The Morgan fingerprint density at radius 2 is 1.95 bits per heavy atom. The van der Waals surface area contributed by atoms with Gasteiger partial charge in [0.15, 0.2) is 6.20 Å². The SMILES string of the molecule is NC(=NOC(=O)c1ccc(Br)cc1)c1cccc[nH+]1. The van der Waals surface area contributed by atoms with Crippen molar-refractivity contribution in [3.63, 3.8) is 0 Å². The minimum atomic E-state index is -0.564. The van der Waals surface area contributed by atoms with Gasteiger partial charge in [0.25, 0.3) is 0 Å². The number of oxime groups is 1. The predicted octanol–water partition coefficient (Wildman–Crippen LogP) is 1.74. The summed E-state index contributed by atoms with van der Waals surface area (Å²) in [6.45, 7) is 0. The van der Waals surface area contributed by atoms with Gasteiger partial charge in [0.05, 0.1) is 5.56 Å². The van der Waals surface area contributed by atoms with Gasteiger partial charge >= 0.3 is 5.97 Å². The van der Waals surface area contributed by atoms with Crippen LogP contribution in [0.1, 0.15) is 16.1 Å². The van der Waals surface area contributed by atoms with Gasteiger partial charge in [0.1, 0.15) is 0 Å². The Hall–Kier alpha value is -2.21. The van der Waals surface area contributed by atoms with Crippen molar-refractivity contribution in [1.29, 1.82) is 0 Å². The van der Waals surface area contributed by atoms with E-state index >= 15 is 0 Å². The fraction of sp³-hybridized carbons (Fsp3) is 0. The normalized spacial score (nSPS) is 11.1. The van der Waals surface area contributed by atoms with Crippen LogP contribution in [0.4, 0.5) is 0 Å². The van der Waals surface area contributed by atoms with Gasteiger partial charge in [0, 0.05) is 16.6 Å². The number of carbonyl (C=O) groups is 1. The minimum absolute atomic E-state index is 0.103. The molecule has 5 nitrogen and oxygen atoms in total. The lowest BCUT2D eigenvalue weighted by atomic mass is 10.2. The average molecular weight is 321 g/mol. The monoisotopic (exact) mass is 320 g/mol. The number of nitrogens with zero attached hydrogens (tertiary/aromatic N) is 1. The maximum absolute atomic E-state index is 11.7. The Bertz CT molecular complexity index is 597. The fourth-order valence-corrected chi connectivity index (χ4v) is 1.60. The first-order valence-corrected chi connectivity index (χ1v) is 6.23. The van der Waals surface area contributed by atoms with Crippen molar-refractivity contribution in [3.8, 4) is 0 Å². The molecular weight excluding hydrogens is 310 g/mol. The molecule has 0 fully saturated rings. The van der Waals surface area contributed by atoms with Crippen LogP contribution in [0.2, 0.25) is 0 Å². The molecule has 0 aliphatic heterocycles. The van der Waals surface area contributed by atoms with Crippen molar-refractivity contribution in [2.75, 3.05) is 0 Å². The van der Waals surface area contributed by atoms with Gasteiger partial charge in [-0.25, -0.2) is 9.78 Å². The quantitative estimate of drug-likeness (QED) is 0.405. The second-order valence-corrected chi connectivity index (χ2v) is 4.55. The summed E-state index contributed by atoms with van der Waals surface area (Å²) < 4.78 is 0.881. The van der Waals surface area contributed by atoms with Crippen LogP contribution in [0.25, 0.3) is 0 Å². The van der Waals surface area contributed by atoms with Crippen LogP contribution in [0.3, 0.4) is 0 Å². The molecule has 0 bridgehead atoms. The van der Waals surface area contributed by atoms with Crippen LogP contribution >= 0.6 is 15.9 Å². The predicted molar refractivity (Wildman–Crippen MR) is 73.3 cm³/mol. The Morgan fingerprint density at radius 1 is 1.21 bits per heavy atom. The summed E-state index contributed by atoms with van der Waals surface area (Å²) >= 11 is 3.28. The Morgan fingerprint density at radius 3 is 2.58 bits per heavy atom. The van der Waals surface area contributed by atoms with E-state index < -0.39 is 5.97 Å². The van der Waals surface area contributed by atoms with Crippen LogP contribution in [0, 0.1) is 0 Å². The second-order valence-electron chi connectivity index (χ2n) is 3.64. The van der Waals surface area contributed by atoms with Crippen molar-refractivity contribution >= 4 is 27.7 Å². The molecule has 6 heteroatoms. The smallest absolute Gasteiger partial charge is 0.365 e. The van der Waals surface area contributed by atoms with Gasteiger partial charge < -0.3 is 10.6 Å². The molecule has 0 amide bonds. The van der Waals surface area contributed by atoms with Crippen molar-refractivity contribution < 1.29 is 14.6 Å². The first-order valence-electron chi connectivity index (χ1n) is 5.44. The first kappa shape index (κ1) is 13.2. The van der Waals surface area contributed by atoms with E-state index in [1.54, 1.807) is 42.6 Å². The van der Waals surface area contributed by atoms with Gasteiger partial charge in [-0.2, -0.15) is 0 Å². The van der Waals surface area contributed by atoms with Gasteiger partial charge in [-0.15, -0.1) is 0 Å². The zero-order valence-electron chi connectivity index (χ0n) is 9.84. The molecule has 1 aromatic carbocycles. The van der Waals surface area contributed by atoms with Crippen LogP contribution in [-0.2, 0) is 4.84 Å². The average Bonchev–Trinajstić information content (AvgIpc) is 2.46. The zero-order valence-corrected chi connectivity index (χ0v) is 11.4. The molecule has 1 heterocycles. The van der Waals surface area contributed by atoms with Gasteiger partial charge in [-0.3, -0.25) is 0 Å². The van der Waals surface area contributed by atoms with Crippen LogP contribution in [-0.4, -0.2) is 11.8 Å². The Balaban J connectivity index is 2.06. The highest BCUT2D eigenvalue weighted by Gasteiger charge is 2.10. The number of H-pyrrole nitrogens is 1. The molecule has 0 atom stereocenters. The lowest BCUT2D eigenvalue weighted by Crippen LogP contribution is -2.24. The molecule has 0 aliphatic rings. The molecule has 2 aromatic rings. The number of nitrogens with two attached hydrogens (primary N) is 1. The molecule has 0 radical (unpaired) electrons. The zero-order chi connectivity index (χ0) is 13.7. The van der Waals surface area contributed by atoms with Gasteiger partial charge in [-0.1, -0.05) is 21.1 Å². The maximum atomic E-state index is 11.7. The summed E-state index contributed by atoms with van der Waals surface area (Å²) in [6, 6.07) is 12.1. The highest BCUT2D eigenvalue weighted by molar-refractivity contribution is 9.10. The van der Waals surface area contributed by atoms with Crippen molar-refractivity contribution in [1.82, 2.24) is 0 Å². The number of benzene rings is 1. The number of halogens is 1. The van der Waals surface area contributed by atoms with Crippen molar-refractivity contribution in [2.24, 2.45) is 10.9 Å². The van der Waals surface area contributed by atoms with Crippen LogP contribution < -0.4 is 10.7 Å². The highest BCUT2D eigenvalue weighted by atomic mass is 79.9. The molecule has 2 rings (SSSR count). The number of aromatic nitrogens is 1. The van der Waals surface area contributed by atoms with Gasteiger partial charge in [0.2, 0.25) is 11.5 Å². The topological polar surface area (TPSA) is 78.8 Å². The molecule has 3 N–H and O–H groups in total. The van der Waals surface area contributed by atoms with Crippen molar-refractivity contribution in [2.45, 2.75) is 0 Å². The standard InChI is InChI=1S/C13H10BrN3O2/c14-10-6-4-9(5-7-10)13(18)19-17-12(15)11-3-1-2-8-16-11/h1-8H,(H2,15,17)/p+1. The number of amidine groups is 1. The summed E-state index contributed by atoms with van der Waals surface area (Å²) in [5.41, 5.74) is 6.65. The number of carbonyl (C=O) groups excluding carboxylic acids is 1. The molecular formula is C13H11BrN3O2+. The molecule has 0 aliphatic carbocycles. The first-order chi connectivity index (χ1) is 9.16. The number of hydrogen-bond acceptors (Lipinski definition) is 3. The van der Waals surface area contributed by atoms with Crippen molar-refractivity contribution in [3.05, 3.63) is 64.4 Å². The molecule has 19 heavy (non-hydrogen) atoms. The minimum Gasteiger partial charge on any atom is -0.375 e. The lowest BCUT2D eigenvalue weighted by molar-refractivity contribution is -0.380. The maximum Gasteiger partial charge on any atom is 0.365 e. The number of nitrogens with one attached hydrogen (secondary N) is 1. The summed E-state index contributed by atoms with van der Waals surface area (Å²) in [5, 5.41) is 3.60. The van der Waals surface area contributed by atoms with Gasteiger partial charge in [-0.05, 0) is 30.3 Å². The number of aromatic amines is 1. The molecule has 1 aromatic heterocycles. The third-order valence-electron chi connectivity index (χ3n) is 2.29. The third kappa shape index (κ3) is 3.62. The molecule has 0 saturated carbocycles. The summed E-state index contributed by atoms with van der Waals surface area (Å²) in [6.07, 6.45) is 1.70.